The number of urea groups is 1. The number of hydrogen-bond acceptors (Lipinski definition) is 4. The minimum absolute atomic E-state index is 0.117. The number of ether oxygens (including phenoxy) is 2. The van der Waals surface area contributed by atoms with Crippen molar-refractivity contribution in [1.29, 1.82) is 0 Å². The Balaban J connectivity index is 1.91. The Kier molecular flexibility index (Phi) is 8.90. The topological polar surface area (TPSA) is 62.8 Å². The van der Waals surface area contributed by atoms with E-state index in [0.717, 1.165) is 43.0 Å². The number of fused-ring (bicyclic) bond motifs is 1. The molecule has 0 saturated heterocycles. The molecule has 0 saturated carbocycles. The number of likely N-dealkylation sites (N-methyl/N-ethyl adjacent to an activating group) is 1. The van der Waals surface area contributed by atoms with Crippen molar-refractivity contribution in [1.82, 2.24) is 15.5 Å². The molecule has 0 spiro atoms. The Labute approximate surface area is 170 Å². The van der Waals surface area contributed by atoms with Crippen LogP contribution >= 0.6 is 0 Å². The lowest BCUT2D eigenvalue weighted by Gasteiger charge is -2.31. The predicted octanol–water partition coefficient (Wildman–Crippen LogP) is 3.96. The van der Waals surface area contributed by atoms with Crippen molar-refractivity contribution < 1.29 is 14.3 Å². The number of amides is 2. The third kappa shape index (κ3) is 6.59. The Morgan fingerprint density at radius 3 is 2.43 bits per heavy atom. The summed E-state index contributed by atoms with van der Waals surface area (Å²) >= 11 is 0. The first kappa shape index (κ1) is 22.3. The molecule has 0 bridgehead atoms. The fourth-order valence-electron chi connectivity index (χ4n) is 3.64. The van der Waals surface area contributed by atoms with Crippen molar-refractivity contribution >= 4 is 6.03 Å². The summed E-state index contributed by atoms with van der Waals surface area (Å²) in [6.07, 6.45) is 1.95. The smallest absolute Gasteiger partial charge is 0.315 e. The number of carbonyl (C=O) groups is 1. The second-order valence-corrected chi connectivity index (χ2v) is 7.84. The van der Waals surface area contributed by atoms with Gasteiger partial charge in [-0.25, -0.2) is 4.79 Å². The van der Waals surface area contributed by atoms with Gasteiger partial charge in [0.05, 0.1) is 19.3 Å². The van der Waals surface area contributed by atoms with Gasteiger partial charge in [0.15, 0.2) is 11.5 Å². The molecule has 1 aliphatic rings. The monoisotopic (exact) mass is 391 g/mol. The lowest BCUT2D eigenvalue weighted by Crippen LogP contribution is -2.47. The maximum atomic E-state index is 12.5. The first-order chi connectivity index (χ1) is 13.4. The molecule has 1 aromatic rings. The van der Waals surface area contributed by atoms with E-state index in [1.54, 1.807) is 0 Å². The largest absolute Gasteiger partial charge is 0.490 e. The summed E-state index contributed by atoms with van der Waals surface area (Å²) in [5.41, 5.74) is 1.00. The normalized spacial score (nSPS) is 15.8. The second-order valence-electron chi connectivity index (χ2n) is 7.84. The number of nitrogens with zero attached hydrogens (tertiary/aromatic N) is 1. The van der Waals surface area contributed by atoms with E-state index in [4.69, 9.17) is 9.47 Å². The van der Waals surface area contributed by atoms with Crippen LogP contribution in [0.15, 0.2) is 18.2 Å². The van der Waals surface area contributed by atoms with Gasteiger partial charge >= 0.3 is 6.03 Å². The number of rotatable bonds is 9. The van der Waals surface area contributed by atoms with Crippen LogP contribution < -0.4 is 20.1 Å². The molecule has 2 atom stereocenters. The summed E-state index contributed by atoms with van der Waals surface area (Å²) in [4.78, 5) is 14.9. The quantitative estimate of drug-likeness (QED) is 0.669. The first-order valence-corrected chi connectivity index (χ1v) is 10.6. The van der Waals surface area contributed by atoms with Crippen molar-refractivity contribution in [3.63, 3.8) is 0 Å². The van der Waals surface area contributed by atoms with Crippen LogP contribution in [0.4, 0.5) is 4.79 Å². The van der Waals surface area contributed by atoms with Crippen molar-refractivity contribution in [2.45, 2.75) is 59.5 Å². The van der Waals surface area contributed by atoms with Crippen LogP contribution in [0.2, 0.25) is 0 Å². The fraction of sp³-hybridized carbons (Fsp3) is 0.682. The van der Waals surface area contributed by atoms with E-state index in [1.165, 1.54) is 0 Å². The molecule has 0 radical (unpaired) electrons. The molecule has 2 unspecified atom stereocenters. The van der Waals surface area contributed by atoms with Gasteiger partial charge in [-0.3, -0.25) is 4.90 Å². The van der Waals surface area contributed by atoms with E-state index in [1.807, 2.05) is 25.1 Å². The third-order valence-corrected chi connectivity index (χ3v) is 5.19. The third-order valence-electron chi connectivity index (χ3n) is 5.19. The highest BCUT2D eigenvalue weighted by molar-refractivity contribution is 5.74. The van der Waals surface area contributed by atoms with Gasteiger partial charge in [-0.2, -0.15) is 0 Å². The molecule has 28 heavy (non-hydrogen) atoms. The Morgan fingerprint density at radius 2 is 1.79 bits per heavy atom. The summed E-state index contributed by atoms with van der Waals surface area (Å²) in [6.45, 7) is 14.7. The highest BCUT2D eigenvalue weighted by Crippen LogP contribution is 2.32. The second kappa shape index (κ2) is 11.1. The van der Waals surface area contributed by atoms with Gasteiger partial charge in [0.1, 0.15) is 0 Å². The number of nitrogens with one attached hydrogen (secondary N) is 2. The summed E-state index contributed by atoms with van der Waals surface area (Å²) in [6, 6.07) is 5.97. The predicted molar refractivity (Wildman–Crippen MR) is 113 cm³/mol. The van der Waals surface area contributed by atoms with Crippen LogP contribution in [0.5, 0.6) is 11.5 Å². The SMILES string of the molecule is CCN(CC)C(CNC(=O)NC(C)c1ccc2c(c1)OCCCO2)CC(C)C. The van der Waals surface area contributed by atoms with E-state index in [2.05, 4.69) is 43.2 Å². The molecule has 6 heteroatoms. The molecule has 158 valence electrons. The molecule has 0 fully saturated rings. The van der Waals surface area contributed by atoms with Crippen LogP contribution in [0.25, 0.3) is 0 Å². The zero-order valence-corrected chi connectivity index (χ0v) is 18.1. The Morgan fingerprint density at radius 1 is 1.11 bits per heavy atom. The summed E-state index contributed by atoms with van der Waals surface area (Å²) in [5, 5.41) is 6.10. The molecule has 1 heterocycles. The van der Waals surface area contributed by atoms with Crippen LogP contribution in [-0.4, -0.2) is 49.8 Å². The van der Waals surface area contributed by atoms with Crippen molar-refractivity contribution in [2.24, 2.45) is 5.92 Å². The highest BCUT2D eigenvalue weighted by Gasteiger charge is 2.19. The van der Waals surface area contributed by atoms with Crippen LogP contribution in [-0.2, 0) is 0 Å². The van der Waals surface area contributed by atoms with Crippen molar-refractivity contribution in [3.8, 4) is 11.5 Å². The van der Waals surface area contributed by atoms with Gasteiger partial charge in [-0.15, -0.1) is 0 Å². The minimum Gasteiger partial charge on any atom is -0.490 e. The highest BCUT2D eigenvalue weighted by atomic mass is 16.5. The van der Waals surface area contributed by atoms with Crippen molar-refractivity contribution in [3.05, 3.63) is 23.8 Å². The van der Waals surface area contributed by atoms with E-state index in [0.29, 0.717) is 31.7 Å². The minimum atomic E-state index is -0.138. The van der Waals surface area contributed by atoms with Crippen LogP contribution in [0.1, 0.15) is 59.1 Å². The van der Waals surface area contributed by atoms with Gasteiger partial charge in [-0.1, -0.05) is 33.8 Å². The molecule has 2 rings (SSSR count). The number of carbonyl (C=O) groups excluding carboxylic acids is 1. The molecular weight excluding hydrogens is 354 g/mol. The van der Waals surface area contributed by atoms with E-state index < -0.39 is 0 Å². The summed E-state index contributed by atoms with van der Waals surface area (Å²) < 4.78 is 11.4. The number of benzene rings is 1. The molecule has 6 nitrogen and oxygen atoms in total. The fourth-order valence-corrected chi connectivity index (χ4v) is 3.64. The average Bonchev–Trinajstić information content (AvgIpc) is 2.91. The zero-order chi connectivity index (χ0) is 20.5. The molecule has 1 aromatic carbocycles. The Hall–Kier alpha value is -1.95. The zero-order valence-electron chi connectivity index (χ0n) is 18.1. The summed E-state index contributed by atoms with van der Waals surface area (Å²) in [5.74, 6) is 2.12. The molecule has 0 aliphatic carbocycles. The van der Waals surface area contributed by atoms with Crippen LogP contribution in [0.3, 0.4) is 0 Å². The van der Waals surface area contributed by atoms with Gasteiger partial charge in [-0.05, 0) is 50.0 Å². The molecule has 0 aromatic heterocycles. The van der Waals surface area contributed by atoms with Crippen LogP contribution in [0, 0.1) is 5.92 Å². The van der Waals surface area contributed by atoms with E-state index in [9.17, 15) is 4.79 Å². The van der Waals surface area contributed by atoms with Gasteiger partial charge < -0.3 is 20.1 Å². The maximum absolute atomic E-state index is 12.5. The molecule has 2 N–H and O–H groups in total. The first-order valence-electron chi connectivity index (χ1n) is 10.6. The van der Waals surface area contributed by atoms with E-state index in [-0.39, 0.29) is 12.1 Å². The van der Waals surface area contributed by atoms with Gasteiger partial charge in [0, 0.05) is 19.0 Å². The Bertz CT molecular complexity index is 617. The maximum Gasteiger partial charge on any atom is 0.315 e. The summed E-state index contributed by atoms with van der Waals surface area (Å²) in [7, 11) is 0. The average molecular weight is 392 g/mol. The molecular formula is C22H37N3O3. The lowest BCUT2D eigenvalue weighted by molar-refractivity contribution is 0.183. The molecule has 2 amide bonds. The van der Waals surface area contributed by atoms with Crippen molar-refractivity contribution in [2.75, 3.05) is 32.8 Å². The lowest BCUT2D eigenvalue weighted by atomic mass is 10.0. The standard InChI is InChI=1S/C22H37N3O3/c1-6-25(7-2)19(13-16(3)4)15-23-22(26)24-17(5)18-9-10-20-21(14-18)28-12-8-11-27-20/h9-10,14,16-17,19H,6-8,11-13,15H2,1-5H3,(H2,23,24,26). The van der Waals surface area contributed by atoms with Gasteiger partial charge in [0.25, 0.3) is 0 Å². The van der Waals surface area contributed by atoms with Gasteiger partial charge in [0.2, 0.25) is 0 Å². The number of hydrogen-bond donors (Lipinski definition) is 2. The van der Waals surface area contributed by atoms with E-state index >= 15 is 0 Å². The molecule has 1 aliphatic heterocycles.